The third kappa shape index (κ3) is 7.48. The van der Waals surface area contributed by atoms with Crippen molar-refractivity contribution < 1.29 is 0 Å². The van der Waals surface area contributed by atoms with Gasteiger partial charge in [-0.15, -0.1) is 10.2 Å². The topological polar surface area (TPSA) is 67.1 Å². The van der Waals surface area contributed by atoms with Crippen LogP contribution < -0.4 is 10.6 Å². The molecule has 2 N–H and O–H groups in total. The summed E-state index contributed by atoms with van der Waals surface area (Å²) in [6.07, 6.45) is 15.6. The van der Waals surface area contributed by atoms with Crippen molar-refractivity contribution in [1.82, 2.24) is 25.4 Å². The minimum Gasteiger partial charge on any atom is -0.356 e. The van der Waals surface area contributed by atoms with Crippen molar-refractivity contribution in [3.05, 3.63) is 12.7 Å². The Bertz CT molecular complexity index is 422. The number of guanidine groups is 1. The molecule has 0 atom stereocenters. The summed E-state index contributed by atoms with van der Waals surface area (Å²) < 4.78 is 2.01. The Morgan fingerprint density at radius 3 is 2.35 bits per heavy atom. The number of rotatable bonds is 10. The van der Waals surface area contributed by atoms with E-state index in [1.165, 1.54) is 44.9 Å². The van der Waals surface area contributed by atoms with Gasteiger partial charge in [0.2, 0.25) is 0 Å². The fourth-order valence-electron chi connectivity index (χ4n) is 3.25. The minimum atomic E-state index is 0.926. The van der Waals surface area contributed by atoms with Crippen LogP contribution in [0.5, 0.6) is 0 Å². The molecule has 130 valence electrons. The van der Waals surface area contributed by atoms with Crippen LogP contribution in [0.25, 0.3) is 0 Å². The smallest absolute Gasteiger partial charge is 0.190 e. The van der Waals surface area contributed by atoms with Crippen LogP contribution in [0.15, 0.2) is 17.6 Å². The molecule has 0 bridgehead atoms. The van der Waals surface area contributed by atoms with Crippen molar-refractivity contribution >= 4 is 5.96 Å². The highest BCUT2D eigenvalue weighted by Crippen LogP contribution is 2.28. The molecule has 0 aromatic carbocycles. The average molecular weight is 320 g/mol. The first-order valence-corrected chi connectivity index (χ1v) is 9.15. The van der Waals surface area contributed by atoms with Gasteiger partial charge in [0.25, 0.3) is 0 Å². The summed E-state index contributed by atoms with van der Waals surface area (Å²) in [6, 6.07) is 0. The lowest BCUT2D eigenvalue weighted by Crippen LogP contribution is -2.38. The monoisotopic (exact) mass is 320 g/mol. The molecule has 1 aromatic rings. The first-order chi connectivity index (χ1) is 11.4. The number of aryl methyl sites for hydroxylation is 1. The predicted octanol–water partition coefficient (Wildman–Crippen LogP) is 2.58. The van der Waals surface area contributed by atoms with Crippen molar-refractivity contribution in [1.29, 1.82) is 0 Å². The third-order valence-corrected chi connectivity index (χ3v) is 4.63. The summed E-state index contributed by atoms with van der Waals surface area (Å²) in [7, 11) is 1.84. The standard InChI is InChI=1S/C17H32N6/c1-18-17(19-11-5-4-10-16-8-2-3-9-16)20-12-6-7-13-23-14-21-22-15-23/h14-16H,2-13H2,1H3,(H2,18,19,20). The van der Waals surface area contributed by atoms with Gasteiger partial charge in [0.05, 0.1) is 0 Å². The van der Waals surface area contributed by atoms with E-state index in [4.69, 9.17) is 0 Å². The summed E-state index contributed by atoms with van der Waals surface area (Å²) >= 11 is 0. The Balaban J connectivity index is 1.43. The second-order valence-corrected chi connectivity index (χ2v) is 6.48. The van der Waals surface area contributed by atoms with E-state index in [9.17, 15) is 0 Å². The van der Waals surface area contributed by atoms with Gasteiger partial charge in [0, 0.05) is 26.7 Å². The van der Waals surface area contributed by atoms with E-state index < -0.39 is 0 Å². The number of nitrogens with zero attached hydrogens (tertiary/aromatic N) is 4. The summed E-state index contributed by atoms with van der Waals surface area (Å²) in [5, 5.41) is 14.4. The third-order valence-electron chi connectivity index (χ3n) is 4.63. The largest absolute Gasteiger partial charge is 0.356 e. The molecular weight excluding hydrogens is 288 g/mol. The minimum absolute atomic E-state index is 0.926. The molecule has 1 saturated carbocycles. The van der Waals surface area contributed by atoms with Crippen molar-refractivity contribution in [3.63, 3.8) is 0 Å². The molecule has 23 heavy (non-hydrogen) atoms. The number of aliphatic imine (C=N–C) groups is 1. The maximum atomic E-state index is 4.28. The van der Waals surface area contributed by atoms with Gasteiger partial charge in [0.15, 0.2) is 5.96 Å². The number of hydrogen-bond donors (Lipinski definition) is 2. The SMILES string of the molecule is CN=C(NCCCCC1CCCC1)NCCCCn1cnnc1. The predicted molar refractivity (Wildman–Crippen MR) is 94.4 cm³/mol. The van der Waals surface area contributed by atoms with E-state index in [2.05, 4.69) is 25.8 Å². The molecule has 1 heterocycles. The van der Waals surface area contributed by atoms with E-state index in [0.717, 1.165) is 44.4 Å². The van der Waals surface area contributed by atoms with Crippen LogP contribution in [0.3, 0.4) is 0 Å². The Hall–Kier alpha value is -1.59. The molecule has 2 rings (SSSR count). The second kappa shape index (κ2) is 11.0. The van der Waals surface area contributed by atoms with Gasteiger partial charge in [-0.1, -0.05) is 38.5 Å². The molecule has 0 saturated heterocycles. The zero-order chi connectivity index (χ0) is 16.2. The molecule has 0 aliphatic heterocycles. The molecular formula is C17H32N6. The Labute approximate surface area is 140 Å². The first-order valence-electron chi connectivity index (χ1n) is 9.15. The van der Waals surface area contributed by atoms with Crippen LogP contribution in [-0.2, 0) is 6.54 Å². The number of aromatic nitrogens is 3. The number of nitrogens with one attached hydrogen (secondary N) is 2. The van der Waals surface area contributed by atoms with Gasteiger partial charge in [-0.05, 0) is 25.2 Å². The van der Waals surface area contributed by atoms with Gasteiger partial charge in [-0.3, -0.25) is 4.99 Å². The highest BCUT2D eigenvalue weighted by atomic mass is 15.2. The Morgan fingerprint density at radius 2 is 1.70 bits per heavy atom. The van der Waals surface area contributed by atoms with Crippen molar-refractivity contribution in [2.75, 3.05) is 20.1 Å². The Morgan fingerprint density at radius 1 is 1.04 bits per heavy atom. The maximum Gasteiger partial charge on any atom is 0.190 e. The highest BCUT2D eigenvalue weighted by molar-refractivity contribution is 5.79. The highest BCUT2D eigenvalue weighted by Gasteiger charge is 2.13. The fourth-order valence-corrected chi connectivity index (χ4v) is 3.25. The average Bonchev–Trinajstić information content (AvgIpc) is 3.26. The summed E-state index contributed by atoms with van der Waals surface area (Å²) in [5.74, 6) is 1.94. The fraction of sp³-hybridized carbons (Fsp3) is 0.824. The van der Waals surface area contributed by atoms with Crippen LogP contribution in [0.2, 0.25) is 0 Å². The molecule has 6 heteroatoms. The van der Waals surface area contributed by atoms with Crippen molar-refractivity contribution in [2.45, 2.75) is 64.3 Å². The van der Waals surface area contributed by atoms with E-state index in [1.54, 1.807) is 12.7 Å². The number of hydrogen-bond acceptors (Lipinski definition) is 3. The number of unbranched alkanes of at least 4 members (excludes halogenated alkanes) is 2. The second-order valence-electron chi connectivity index (χ2n) is 6.48. The van der Waals surface area contributed by atoms with Gasteiger partial charge < -0.3 is 15.2 Å². The van der Waals surface area contributed by atoms with Crippen LogP contribution in [0, 0.1) is 5.92 Å². The van der Waals surface area contributed by atoms with E-state index in [0.29, 0.717) is 0 Å². The van der Waals surface area contributed by atoms with E-state index in [-0.39, 0.29) is 0 Å². The maximum absolute atomic E-state index is 4.28. The molecule has 1 fully saturated rings. The van der Waals surface area contributed by atoms with Gasteiger partial charge in [0.1, 0.15) is 12.7 Å². The van der Waals surface area contributed by atoms with Crippen LogP contribution >= 0.6 is 0 Å². The normalized spacial score (nSPS) is 16.0. The van der Waals surface area contributed by atoms with Crippen LogP contribution in [0.4, 0.5) is 0 Å². The molecule has 1 aliphatic rings. The van der Waals surface area contributed by atoms with Crippen LogP contribution in [0.1, 0.15) is 57.8 Å². The van der Waals surface area contributed by atoms with Crippen molar-refractivity contribution in [3.8, 4) is 0 Å². The van der Waals surface area contributed by atoms with Gasteiger partial charge >= 0.3 is 0 Å². The molecule has 1 aliphatic carbocycles. The molecule has 0 radical (unpaired) electrons. The van der Waals surface area contributed by atoms with E-state index >= 15 is 0 Å². The summed E-state index contributed by atoms with van der Waals surface area (Å²) in [5.41, 5.74) is 0. The zero-order valence-corrected chi connectivity index (χ0v) is 14.5. The Kier molecular flexibility index (Phi) is 8.51. The summed E-state index contributed by atoms with van der Waals surface area (Å²) in [4.78, 5) is 4.28. The molecule has 6 nitrogen and oxygen atoms in total. The lowest BCUT2D eigenvalue weighted by Gasteiger charge is -2.12. The zero-order valence-electron chi connectivity index (χ0n) is 14.5. The van der Waals surface area contributed by atoms with Crippen LogP contribution in [-0.4, -0.2) is 40.9 Å². The van der Waals surface area contributed by atoms with Gasteiger partial charge in [-0.25, -0.2) is 0 Å². The molecule has 0 amide bonds. The summed E-state index contributed by atoms with van der Waals surface area (Å²) in [6.45, 7) is 2.94. The lowest BCUT2D eigenvalue weighted by molar-refractivity contribution is 0.472. The van der Waals surface area contributed by atoms with Gasteiger partial charge in [-0.2, -0.15) is 0 Å². The lowest BCUT2D eigenvalue weighted by atomic mass is 10.0. The molecule has 0 spiro atoms. The van der Waals surface area contributed by atoms with E-state index in [1.807, 2.05) is 11.6 Å². The molecule has 0 unspecified atom stereocenters. The van der Waals surface area contributed by atoms with Crippen molar-refractivity contribution in [2.24, 2.45) is 10.9 Å². The quantitative estimate of drug-likeness (QED) is 0.395. The first kappa shape index (κ1) is 17.8. The molecule has 1 aromatic heterocycles.